The molecule has 1 fully saturated rings. The van der Waals surface area contributed by atoms with Crippen molar-refractivity contribution in [2.45, 2.75) is 31.8 Å². The number of nitrogens with one attached hydrogen (secondary N) is 3. The van der Waals surface area contributed by atoms with Crippen molar-refractivity contribution in [2.24, 2.45) is 4.99 Å². The molecule has 1 aliphatic rings. The van der Waals surface area contributed by atoms with E-state index in [4.69, 9.17) is 0 Å². The first-order chi connectivity index (χ1) is 14.7. The molecule has 1 aromatic carbocycles. The fourth-order valence-electron chi connectivity index (χ4n) is 4.02. The summed E-state index contributed by atoms with van der Waals surface area (Å²) in [5, 5.41) is 7.88. The summed E-state index contributed by atoms with van der Waals surface area (Å²) in [5.74, 6) is 0.618. The molecule has 30 heavy (non-hydrogen) atoms. The second kappa shape index (κ2) is 9.71. The van der Waals surface area contributed by atoms with Gasteiger partial charge in [0.2, 0.25) is 0 Å². The molecule has 6 nitrogen and oxygen atoms in total. The summed E-state index contributed by atoms with van der Waals surface area (Å²) >= 11 is 0. The molecule has 3 heterocycles. The van der Waals surface area contributed by atoms with Gasteiger partial charge in [-0.3, -0.25) is 14.9 Å². The smallest absolute Gasteiger partial charge is 0.191 e. The lowest BCUT2D eigenvalue weighted by molar-refractivity contribution is 0.196. The lowest BCUT2D eigenvalue weighted by atomic mass is 10.0. The highest BCUT2D eigenvalue weighted by Crippen LogP contribution is 2.19. The summed E-state index contributed by atoms with van der Waals surface area (Å²) in [6, 6.07) is 11.3. The predicted molar refractivity (Wildman–Crippen MR) is 119 cm³/mol. The Balaban J connectivity index is 1.22. The molecule has 158 valence electrons. The Bertz CT molecular complexity index is 976. The molecule has 0 saturated carbocycles. The van der Waals surface area contributed by atoms with Gasteiger partial charge >= 0.3 is 0 Å². The largest absolute Gasteiger partial charge is 0.361 e. The molecule has 2 aromatic heterocycles. The Kier molecular flexibility index (Phi) is 6.59. The highest BCUT2D eigenvalue weighted by Gasteiger charge is 2.20. The number of nitrogens with zero attached hydrogens (tertiary/aromatic N) is 3. The van der Waals surface area contributed by atoms with E-state index in [9.17, 15) is 4.39 Å². The normalized spacial score (nSPS) is 16.1. The van der Waals surface area contributed by atoms with Crippen molar-refractivity contribution in [1.29, 1.82) is 0 Å². The Hall–Kier alpha value is -2.93. The molecule has 0 spiro atoms. The zero-order valence-corrected chi connectivity index (χ0v) is 17.4. The maximum atomic E-state index is 13.5. The van der Waals surface area contributed by atoms with E-state index in [2.05, 4.69) is 36.6 Å². The molecular weight excluding hydrogens is 379 g/mol. The van der Waals surface area contributed by atoms with Crippen LogP contribution < -0.4 is 10.6 Å². The third-order valence-electron chi connectivity index (χ3n) is 5.68. The first kappa shape index (κ1) is 20.3. The van der Waals surface area contributed by atoms with Gasteiger partial charge in [-0.1, -0.05) is 6.07 Å². The van der Waals surface area contributed by atoms with Crippen LogP contribution >= 0.6 is 0 Å². The minimum atomic E-state index is -0.205. The third-order valence-corrected chi connectivity index (χ3v) is 5.68. The molecular formula is C23H29FN6. The van der Waals surface area contributed by atoms with Crippen molar-refractivity contribution >= 4 is 16.9 Å². The van der Waals surface area contributed by atoms with E-state index in [-0.39, 0.29) is 5.82 Å². The van der Waals surface area contributed by atoms with Crippen LogP contribution in [0.4, 0.5) is 4.39 Å². The van der Waals surface area contributed by atoms with Crippen molar-refractivity contribution < 1.29 is 4.39 Å². The number of aromatic nitrogens is 2. The van der Waals surface area contributed by atoms with E-state index in [0.717, 1.165) is 73.6 Å². The zero-order chi connectivity index (χ0) is 20.8. The van der Waals surface area contributed by atoms with Crippen LogP contribution in [0.3, 0.4) is 0 Å². The number of fused-ring (bicyclic) bond motifs is 1. The van der Waals surface area contributed by atoms with Crippen molar-refractivity contribution in [3.05, 3.63) is 65.9 Å². The Morgan fingerprint density at radius 2 is 2.13 bits per heavy atom. The summed E-state index contributed by atoms with van der Waals surface area (Å²) in [4.78, 5) is 14.4. The lowest BCUT2D eigenvalue weighted by Crippen LogP contribution is -2.48. The maximum absolute atomic E-state index is 13.5. The lowest BCUT2D eigenvalue weighted by Gasteiger charge is -2.32. The van der Waals surface area contributed by atoms with Crippen molar-refractivity contribution in [1.82, 2.24) is 25.5 Å². The summed E-state index contributed by atoms with van der Waals surface area (Å²) in [7, 11) is 1.80. The first-order valence-corrected chi connectivity index (χ1v) is 10.6. The number of rotatable bonds is 6. The molecule has 0 unspecified atom stereocenters. The number of aromatic amines is 1. The van der Waals surface area contributed by atoms with E-state index in [0.29, 0.717) is 6.04 Å². The van der Waals surface area contributed by atoms with E-state index in [1.165, 1.54) is 6.07 Å². The number of halogens is 1. The molecule has 3 N–H and O–H groups in total. The fourth-order valence-corrected chi connectivity index (χ4v) is 4.02. The quantitative estimate of drug-likeness (QED) is 0.433. The highest BCUT2D eigenvalue weighted by molar-refractivity contribution is 5.83. The van der Waals surface area contributed by atoms with Crippen LogP contribution in [0.2, 0.25) is 0 Å². The molecule has 0 amide bonds. The molecule has 1 aliphatic heterocycles. The van der Waals surface area contributed by atoms with Crippen LogP contribution in [0.15, 0.2) is 53.8 Å². The Labute approximate surface area is 176 Å². The molecule has 0 aliphatic carbocycles. The molecule has 0 bridgehead atoms. The van der Waals surface area contributed by atoms with Crippen LogP contribution in [0.25, 0.3) is 10.9 Å². The number of aliphatic imine (C=N–C) groups is 1. The van der Waals surface area contributed by atoms with Gasteiger partial charge in [-0.2, -0.15) is 0 Å². The molecule has 0 atom stereocenters. The number of guanidine groups is 1. The standard InChI is InChI=1S/C23H29FN6/c1-25-23(27-11-7-17-15-28-22-6-5-18(24)14-21(17)22)29-19-8-12-30(13-9-19)16-20-4-2-3-10-26-20/h2-6,10,14-15,19,28H,7-9,11-13,16H2,1H3,(H2,25,27,29). The number of hydrogen-bond acceptors (Lipinski definition) is 3. The van der Waals surface area contributed by atoms with Gasteiger partial charge in [-0.25, -0.2) is 4.39 Å². The zero-order valence-electron chi connectivity index (χ0n) is 17.4. The monoisotopic (exact) mass is 408 g/mol. The van der Waals surface area contributed by atoms with Gasteiger partial charge in [0.25, 0.3) is 0 Å². The highest BCUT2D eigenvalue weighted by atomic mass is 19.1. The summed E-state index contributed by atoms with van der Waals surface area (Å²) in [6.07, 6.45) is 6.77. The summed E-state index contributed by atoms with van der Waals surface area (Å²) < 4.78 is 13.5. The Morgan fingerprint density at radius 3 is 2.90 bits per heavy atom. The number of piperidine rings is 1. The van der Waals surface area contributed by atoms with Crippen LogP contribution in [-0.4, -0.2) is 53.6 Å². The maximum Gasteiger partial charge on any atom is 0.191 e. The average Bonchev–Trinajstić information content (AvgIpc) is 3.17. The van der Waals surface area contributed by atoms with Crippen LogP contribution in [-0.2, 0) is 13.0 Å². The molecule has 0 radical (unpaired) electrons. The van der Waals surface area contributed by atoms with E-state index < -0.39 is 0 Å². The SMILES string of the molecule is CN=C(NCCc1c[nH]c2ccc(F)cc12)NC1CCN(Cc2ccccn2)CC1. The van der Waals surface area contributed by atoms with Crippen molar-refractivity contribution in [3.63, 3.8) is 0 Å². The van der Waals surface area contributed by atoms with Gasteiger partial charge in [0.1, 0.15) is 5.82 Å². The van der Waals surface area contributed by atoms with E-state index in [1.807, 2.05) is 24.5 Å². The molecule has 3 aromatic rings. The van der Waals surface area contributed by atoms with Crippen molar-refractivity contribution in [3.8, 4) is 0 Å². The number of benzene rings is 1. The number of hydrogen-bond donors (Lipinski definition) is 3. The van der Waals surface area contributed by atoms with Gasteiger partial charge in [-0.15, -0.1) is 0 Å². The summed E-state index contributed by atoms with van der Waals surface area (Å²) in [6.45, 7) is 3.74. The van der Waals surface area contributed by atoms with E-state index in [1.54, 1.807) is 19.2 Å². The van der Waals surface area contributed by atoms with Gasteiger partial charge in [0.15, 0.2) is 5.96 Å². The molecule has 1 saturated heterocycles. The topological polar surface area (TPSA) is 68.3 Å². The van der Waals surface area contributed by atoms with Gasteiger partial charge < -0.3 is 15.6 Å². The van der Waals surface area contributed by atoms with Gasteiger partial charge in [0, 0.05) is 62.6 Å². The predicted octanol–water partition coefficient (Wildman–Crippen LogP) is 3.07. The van der Waals surface area contributed by atoms with Crippen LogP contribution in [0.1, 0.15) is 24.1 Å². The second-order valence-electron chi connectivity index (χ2n) is 7.77. The number of likely N-dealkylation sites (tertiary alicyclic amines) is 1. The van der Waals surface area contributed by atoms with Gasteiger partial charge in [-0.05, 0) is 55.2 Å². The molecule has 4 rings (SSSR count). The first-order valence-electron chi connectivity index (χ1n) is 10.6. The fraction of sp³-hybridized carbons (Fsp3) is 0.391. The van der Waals surface area contributed by atoms with Gasteiger partial charge in [0.05, 0.1) is 5.69 Å². The average molecular weight is 409 g/mol. The van der Waals surface area contributed by atoms with Crippen LogP contribution in [0.5, 0.6) is 0 Å². The third kappa shape index (κ3) is 5.16. The molecule has 7 heteroatoms. The minimum absolute atomic E-state index is 0.205. The van der Waals surface area contributed by atoms with E-state index >= 15 is 0 Å². The van der Waals surface area contributed by atoms with Crippen LogP contribution in [0, 0.1) is 5.82 Å². The summed E-state index contributed by atoms with van der Waals surface area (Å²) in [5.41, 5.74) is 3.19. The number of H-pyrrole nitrogens is 1. The second-order valence-corrected chi connectivity index (χ2v) is 7.77. The number of pyridine rings is 1. The van der Waals surface area contributed by atoms with Crippen molar-refractivity contribution in [2.75, 3.05) is 26.7 Å². The Morgan fingerprint density at radius 1 is 1.27 bits per heavy atom. The minimum Gasteiger partial charge on any atom is -0.361 e.